The molecule has 0 fully saturated rings. The number of nitriles is 1. The van der Waals surface area contributed by atoms with E-state index in [-0.39, 0.29) is 6.10 Å². The molecule has 0 spiro atoms. The van der Waals surface area contributed by atoms with Crippen molar-refractivity contribution in [3.63, 3.8) is 0 Å². The predicted octanol–water partition coefficient (Wildman–Crippen LogP) is 2.19. The minimum atomic E-state index is 0.0321. The second kappa shape index (κ2) is 4.95. The van der Waals surface area contributed by atoms with Gasteiger partial charge in [-0.2, -0.15) is 5.26 Å². The highest BCUT2D eigenvalue weighted by Gasteiger charge is 2.25. The van der Waals surface area contributed by atoms with Crippen LogP contribution < -0.4 is 10.5 Å². The number of aromatic nitrogens is 1. The van der Waals surface area contributed by atoms with Crippen molar-refractivity contribution >= 4 is 0 Å². The lowest BCUT2D eigenvalue weighted by molar-refractivity contribution is 0.242. The molecule has 1 aromatic carbocycles. The van der Waals surface area contributed by atoms with Crippen LogP contribution in [0.5, 0.6) is 5.75 Å². The molecule has 100 valence electrons. The van der Waals surface area contributed by atoms with Gasteiger partial charge in [-0.15, -0.1) is 0 Å². The normalized spacial score (nSPS) is 16.4. The lowest BCUT2D eigenvalue weighted by atomic mass is 10.00. The van der Waals surface area contributed by atoms with Crippen molar-refractivity contribution in [1.82, 2.24) is 4.98 Å². The van der Waals surface area contributed by atoms with Gasteiger partial charge in [-0.3, -0.25) is 4.98 Å². The maximum Gasteiger partial charge on any atom is 0.132 e. The van der Waals surface area contributed by atoms with E-state index in [1.54, 1.807) is 18.3 Å². The molecule has 1 aliphatic rings. The number of pyridine rings is 1. The Balaban J connectivity index is 2.13. The van der Waals surface area contributed by atoms with E-state index in [4.69, 9.17) is 15.7 Å². The minimum absolute atomic E-state index is 0.0321. The summed E-state index contributed by atoms with van der Waals surface area (Å²) in [7, 11) is 0. The van der Waals surface area contributed by atoms with Gasteiger partial charge in [0.05, 0.1) is 17.3 Å². The van der Waals surface area contributed by atoms with E-state index < -0.39 is 0 Å². The van der Waals surface area contributed by atoms with Gasteiger partial charge in [-0.05, 0) is 36.2 Å². The van der Waals surface area contributed by atoms with Gasteiger partial charge in [0.2, 0.25) is 0 Å². The Bertz CT molecular complexity index is 703. The number of aryl methyl sites for hydroxylation is 1. The summed E-state index contributed by atoms with van der Waals surface area (Å²) >= 11 is 0. The number of nitrogens with two attached hydrogens (primary N) is 1. The second-order valence-electron chi connectivity index (χ2n) is 5.02. The second-order valence-corrected chi connectivity index (χ2v) is 5.02. The molecule has 0 radical (unpaired) electrons. The van der Waals surface area contributed by atoms with Crippen LogP contribution in [0.4, 0.5) is 0 Å². The Morgan fingerprint density at radius 2 is 2.30 bits per heavy atom. The summed E-state index contributed by atoms with van der Waals surface area (Å²) in [5, 5.41) is 9.01. The molecule has 20 heavy (non-hydrogen) atoms. The molecule has 0 amide bonds. The van der Waals surface area contributed by atoms with E-state index in [9.17, 15) is 0 Å². The molecule has 0 bridgehead atoms. The molecule has 2 heterocycles. The minimum Gasteiger partial charge on any atom is -0.488 e. The molecule has 3 rings (SSSR count). The SMILES string of the molecule is Cc1cc2c(c(-c3cc(C#N)ccn3)c1)O[C@@H](CN)C2. The predicted molar refractivity (Wildman–Crippen MR) is 76.3 cm³/mol. The fourth-order valence-electron chi connectivity index (χ4n) is 2.56. The summed E-state index contributed by atoms with van der Waals surface area (Å²) in [6.07, 6.45) is 2.51. The van der Waals surface area contributed by atoms with Gasteiger partial charge in [-0.1, -0.05) is 6.07 Å². The van der Waals surface area contributed by atoms with Crippen LogP contribution in [0.3, 0.4) is 0 Å². The van der Waals surface area contributed by atoms with Crippen LogP contribution in [0.2, 0.25) is 0 Å². The molecule has 2 N–H and O–H groups in total. The lowest BCUT2D eigenvalue weighted by Gasteiger charge is -2.11. The van der Waals surface area contributed by atoms with Crippen LogP contribution in [0.25, 0.3) is 11.3 Å². The zero-order valence-electron chi connectivity index (χ0n) is 11.3. The van der Waals surface area contributed by atoms with Crippen molar-refractivity contribution in [2.75, 3.05) is 6.54 Å². The van der Waals surface area contributed by atoms with Crippen LogP contribution in [-0.2, 0) is 6.42 Å². The first kappa shape index (κ1) is 12.6. The monoisotopic (exact) mass is 265 g/mol. The van der Waals surface area contributed by atoms with E-state index in [2.05, 4.69) is 17.1 Å². The fraction of sp³-hybridized carbons (Fsp3) is 0.250. The number of rotatable bonds is 2. The number of nitrogens with zero attached hydrogens (tertiary/aromatic N) is 2. The molecule has 4 nitrogen and oxygen atoms in total. The highest BCUT2D eigenvalue weighted by Crippen LogP contribution is 2.39. The molecular formula is C16H15N3O. The highest BCUT2D eigenvalue weighted by atomic mass is 16.5. The maximum atomic E-state index is 9.01. The van der Waals surface area contributed by atoms with Crippen LogP contribution in [0.15, 0.2) is 30.5 Å². The Hall–Kier alpha value is -2.38. The third-order valence-electron chi connectivity index (χ3n) is 3.47. The highest BCUT2D eigenvalue weighted by molar-refractivity contribution is 5.72. The molecule has 0 unspecified atom stereocenters. The molecule has 0 saturated carbocycles. The van der Waals surface area contributed by atoms with Gasteiger partial charge in [-0.25, -0.2) is 0 Å². The first-order valence-electron chi connectivity index (χ1n) is 6.58. The maximum absolute atomic E-state index is 9.01. The van der Waals surface area contributed by atoms with E-state index in [0.29, 0.717) is 12.1 Å². The molecule has 0 aliphatic carbocycles. The Kier molecular flexibility index (Phi) is 3.13. The van der Waals surface area contributed by atoms with Gasteiger partial charge in [0.25, 0.3) is 0 Å². The summed E-state index contributed by atoms with van der Waals surface area (Å²) in [6.45, 7) is 2.55. The van der Waals surface area contributed by atoms with E-state index in [1.807, 2.05) is 13.0 Å². The fourth-order valence-corrected chi connectivity index (χ4v) is 2.56. The van der Waals surface area contributed by atoms with Gasteiger partial charge in [0.1, 0.15) is 11.9 Å². The molecular weight excluding hydrogens is 250 g/mol. The van der Waals surface area contributed by atoms with Crippen molar-refractivity contribution in [2.24, 2.45) is 5.73 Å². The van der Waals surface area contributed by atoms with Crippen LogP contribution in [0, 0.1) is 18.3 Å². The molecule has 1 atom stereocenters. The third kappa shape index (κ3) is 2.13. The van der Waals surface area contributed by atoms with Gasteiger partial charge in [0.15, 0.2) is 0 Å². The summed E-state index contributed by atoms with van der Waals surface area (Å²) in [5.41, 5.74) is 10.3. The van der Waals surface area contributed by atoms with Gasteiger partial charge >= 0.3 is 0 Å². The summed E-state index contributed by atoms with van der Waals surface area (Å²) in [5.74, 6) is 0.855. The quantitative estimate of drug-likeness (QED) is 0.903. The summed E-state index contributed by atoms with van der Waals surface area (Å²) < 4.78 is 5.92. The first-order chi connectivity index (χ1) is 9.71. The standard InChI is InChI=1S/C16H15N3O/c1-10-4-12-7-13(9-18)20-16(12)14(5-10)15-6-11(8-17)2-3-19-15/h2-6,13H,7,9,18H2,1H3/t13-/m1/s1. The summed E-state index contributed by atoms with van der Waals surface area (Å²) in [6, 6.07) is 9.79. The van der Waals surface area contributed by atoms with Gasteiger partial charge < -0.3 is 10.5 Å². The van der Waals surface area contributed by atoms with Crippen molar-refractivity contribution < 1.29 is 4.74 Å². The zero-order valence-corrected chi connectivity index (χ0v) is 11.3. The zero-order chi connectivity index (χ0) is 14.1. The largest absolute Gasteiger partial charge is 0.488 e. The van der Waals surface area contributed by atoms with Crippen LogP contribution in [-0.4, -0.2) is 17.6 Å². The molecule has 2 aromatic rings. The molecule has 4 heteroatoms. The summed E-state index contributed by atoms with van der Waals surface area (Å²) in [4.78, 5) is 4.36. The van der Waals surface area contributed by atoms with Gasteiger partial charge in [0, 0.05) is 24.7 Å². The van der Waals surface area contributed by atoms with Crippen LogP contribution >= 0.6 is 0 Å². The van der Waals surface area contributed by atoms with E-state index in [0.717, 1.165) is 29.0 Å². The first-order valence-corrected chi connectivity index (χ1v) is 6.58. The number of benzene rings is 1. The number of hydrogen-bond acceptors (Lipinski definition) is 4. The Morgan fingerprint density at radius 1 is 1.45 bits per heavy atom. The third-order valence-corrected chi connectivity index (χ3v) is 3.47. The Morgan fingerprint density at radius 3 is 3.05 bits per heavy atom. The average molecular weight is 265 g/mol. The van der Waals surface area contributed by atoms with Crippen molar-refractivity contribution in [2.45, 2.75) is 19.4 Å². The molecule has 0 saturated heterocycles. The topological polar surface area (TPSA) is 71.9 Å². The van der Waals surface area contributed by atoms with E-state index >= 15 is 0 Å². The Labute approximate surface area is 117 Å². The average Bonchev–Trinajstić information content (AvgIpc) is 2.89. The lowest BCUT2D eigenvalue weighted by Crippen LogP contribution is -2.24. The van der Waals surface area contributed by atoms with Crippen molar-refractivity contribution in [3.05, 3.63) is 47.2 Å². The van der Waals surface area contributed by atoms with Crippen molar-refractivity contribution in [3.8, 4) is 23.1 Å². The van der Waals surface area contributed by atoms with E-state index in [1.165, 1.54) is 5.56 Å². The number of ether oxygens (including phenoxy) is 1. The molecule has 1 aliphatic heterocycles. The van der Waals surface area contributed by atoms with Crippen LogP contribution in [0.1, 0.15) is 16.7 Å². The van der Waals surface area contributed by atoms with Crippen molar-refractivity contribution in [1.29, 1.82) is 5.26 Å². The smallest absolute Gasteiger partial charge is 0.132 e. The number of hydrogen-bond donors (Lipinski definition) is 1. The molecule has 1 aromatic heterocycles. The number of fused-ring (bicyclic) bond motifs is 1.